The summed E-state index contributed by atoms with van der Waals surface area (Å²) in [5.41, 5.74) is 1.05. The molecule has 1 N–H and O–H groups in total. The van der Waals surface area contributed by atoms with Crippen molar-refractivity contribution in [3.05, 3.63) is 29.8 Å². The first kappa shape index (κ1) is 10.1. The van der Waals surface area contributed by atoms with Gasteiger partial charge in [0.1, 0.15) is 5.75 Å². The molecule has 2 heteroatoms. The van der Waals surface area contributed by atoms with E-state index < -0.39 is 0 Å². The summed E-state index contributed by atoms with van der Waals surface area (Å²) in [6.07, 6.45) is 2.41. The van der Waals surface area contributed by atoms with Gasteiger partial charge in [-0.2, -0.15) is 0 Å². The van der Waals surface area contributed by atoms with Crippen LogP contribution >= 0.6 is 0 Å². The van der Waals surface area contributed by atoms with Crippen LogP contribution in [0.5, 0.6) is 5.75 Å². The molecule has 1 aromatic rings. The highest BCUT2D eigenvalue weighted by Gasteiger charge is 2.09. The second-order valence-corrected chi connectivity index (χ2v) is 3.65. The molecule has 1 atom stereocenters. The van der Waals surface area contributed by atoms with Crippen LogP contribution in [0.3, 0.4) is 0 Å². The Hall–Kier alpha value is -1.46. The van der Waals surface area contributed by atoms with Crippen LogP contribution in [0.15, 0.2) is 24.3 Å². The summed E-state index contributed by atoms with van der Waals surface area (Å²) in [5.74, 6) is 7.28. The number of hydrogen-bond acceptors (Lipinski definition) is 2. The number of rotatable bonds is 1. The van der Waals surface area contributed by atoms with Crippen molar-refractivity contribution in [1.82, 2.24) is 5.32 Å². The molecule has 1 saturated heterocycles. The van der Waals surface area contributed by atoms with E-state index in [2.05, 4.69) is 17.2 Å². The fraction of sp³-hybridized carbons (Fsp3) is 0.385. The first-order valence-corrected chi connectivity index (χ1v) is 5.27. The Balaban J connectivity index is 2.03. The van der Waals surface area contributed by atoms with E-state index >= 15 is 0 Å². The van der Waals surface area contributed by atoms with Crippen LogP contribution in [0.2, 0.25) is 0 Å². The average Bonchev–Trinajstić information content (AvgIpc) is 2.80. The van der Waals surface area contributed by atoms with E-state index in [0.717, 1.165) is 17.9 Å². The zero-order valence-electron chi connectivity index (χ0n) is 8.92. The predicted octanol–water partition coefficient (Wildman–Crippen LogP) is 1.80. The molecule has 0 bridgehead atoms. The van der Waals surface area contributed by atoms with Crippen molar-refractivity contribution in [2.45, 2.75) is 18.9 Å². The van der Waals surface area contributed by atoms with Crippen LogP contribution < -0.4 is 10.1 Å². The maximum atomic E-state index is 5.09. The maximum Gasteiger partial charge on any atom is 0.118 e. The molecule has 1 heterocycles. The van der Waals surface area contributed by atoms with E-state index in [1.54, 1.807) is 7.11 Å². The van der Waals surface area contributed by atoms with Crippen LogP contribution in [0.1, 0.15) is 18.4 Å². The van der Waals surface area contributed by atoms with Gasteiger partial charge < -0.3 is 10.1 Å². The van der Waals surface area contributed by atoms with Gasteiger partial charge in [-0.15, -0.1) is 0 Å². The molecule has 0 saturated carbocycles. The lowest BCUT2D eigenvalue weighted by Gasteiger charge is -1.99. The first-order valence-electron chi connectivity index (χ1n) is 5.27. The van der Waals surface area contributed by atoms with Crippen LogP contribution in [-0.2, 0) is 0 Å². The topological polar surface area (TPSA) is 21.3 Å². The molecule has 78 valence electrons. The molecule has 15 heavy (non-hydrogen) atoms. The Morgan fingerprint density at radius 1 is 1.33 bits per heavy atom. The van der Waals surface area contributed by atoms with Crippen molar-refractivity contribution in [2.24, 2.45) is 0 Å². The van der Waals surface area contributed by atoms with Crippen molar-refractivity contribution in [2.75, 3.05) is 13.7 Å². The monoisotopic (exact) mass is 201 g/mol. The van der Waals surface area contributed by atoms with Crippen LogP contribution in [0.4, 0.5) is 0 Å². The van der Waals surface area contributed by atoms with Gasteiger partial charge in [-0.05, 0) is 43.7 Å². The molecule has 2 nitrogen and oxygen atoms in total. The second-order valence-electron chi connectivity index (χ2n) is 3.65. The van der Waals surface area contributed by atoms with Crippen LogP contribution in [-0.4, -0.2) is 19.7 Å². The first-order chi connectivity index (χ1) is 7.38. The molecule has 1 aliphatic heterocycles. The lowest BCUT2D eigenvalue weighted by atomic mass is 10.2. The summed E-state index contributed by atoms with van der Waals surface area (Å²) in [4.78, 5) is 0. The molecule has 0 amide bonds. The number of nitrogens with one attached hydrogen (secondary N) is 1. The summed E-state index contributed by atoms with van der Waals surface area (Å²) in [7, 11) is 1.67. The summed E-state index contributed by atoms with van der Waals surface area (Å²) >= 11 is 0. The van der Waals surface area contributed by atoms with Gasteiger partial charge in [0.25, 0.3) is 0 Å². The smallest absolute Gasteiger partial charge is 0.118 e. The highest BCUT2D eigenvalue weighted by atomic mass is 16.5. The SMILES string of the molecule is COc1ccc(C#CC2CCCN2)cc1. The molecule has 0 aliphatic carbocycles. The lowest BCUT2D eigenvalue weighted by Crippen LogP contribution is -2.18. The Bertz CT molecular complexity index is 366. The standard InChI is InChI=1S/C13H15NO/c1-15-13-8-5-11(6-9-13)4-7-12-3-2-10-14-12/h5-6,8-9,12,14H,2-3,10H2,1H3. The fourth-order valence-electron chi connectivity index (χ4n) is 1.65. The molecule has 0 spiro atoms. The zero-order chi connectivity index (χ0) is 10.5. The molecule has 2 rings (SSSR count). The van der Waals surface area contributed by atoms with Crippen LogP contribution in [0.25, 0.3) is 0 Å². The fourth-order valence-corrected chi connectivity index (χ4v) is 1.65. The lowest BCUT2D eigenvalue weighted by molar-refractivity contribution is 0.415. The van der Waals surface area contributed by atoms with Gasteiger partial charge in [0.15, 0.2) is 0 Å². The third-order valence-electron chi connectivity index (χ3n) is 2.54. The molecular formula is C13H15NO. The van der Waals surface area contributed by atoms with Gasteiger partial charge in [0.2, 0.25) is 0 Å². The van der Waals surface area contributed by atoms with Crippen molar-refractivity contribution in [1.29, 1.82) is 0 Å². The minimum Gasteiger partial charge on any atom is -0.497 e. The van der Waals surface area contributed by atoms with Gasteiger partial charge >= 0.3 is 0 Å². The Labute approximate surface area is 90.6 Å². The molecule has 1 unspecified atom stereocenters. The van der Waals surface area contributed by atoms with Crippen molar-refractivity contribution >= 4 is 0 Å². The van der Waals surface area contributed by atoms with E-state index in [4.69, 9.17) is 4.74 Å². The Morgan fingerprint density at radius 3 is 2.73 bits per heavy atom. The largest absolute Gasteiger partial charge is 0.497 e. The average molecular weight is 201 g/mol. The van der Waals surface area contributed by atoms with Gasteiger partial charge in [0, 0.05) is 5.56 Å². The second kappa shape index (κ2) is 4.86. The summed E-state index contributed by atoms with van der Waals surface area (Å²) in [6.45, 7) is 1.10. The molecule has 0 aromatic heterocycles. The van der Waals surface area contributed by atoms with Gasteiger partial charge in [0.05, 0.1) is 13.2 Å². The van der Waals surface area contributed by atoms with Crippen molar-refractivity contribution < 1.29 is 4.74 Å². The van der Waals surface area contributed by atoms with E-state index in [1.165, 1.54) is 12.8 Å². The van der Waals surface area contributed by atoms with Crippen molar-refractivity contribution in [3.8, 4) is 17.6 Å². The summed E-state index contributed by atoms with van der Waals surface area (Å²) < 4.78 is 5.09. The maximum absolute atomic E-state index is 5.09. The van der Waals surface area contributed by atoms with Crippen LogP contribution in [0, 0.1) is 11.8 Å². The quantitative estimate of drug-likeness (QED) is 0.699. The van der Waals surface area contributed by atoms with E-state index in [1.807, 2.05) is 24.3 Å². The molecule has 0 radical (unpaired) electrons. The van der Waals surface area contributed by atoms with E-state index in [0.29, 0.717) is 6.04 Å². The summed E-state index contributed by atoms with van der Waals surface area (Å²) in [5, 5.41) is 3.35. The number of ether oxygens (including phenoxy) is 1. The number of benzene rings is 1. The minimum absolute atomic E-state index is 0.382. The summed E-state index contributed by atoms with van der Waals surface area (Å²) in [6, 6.07) is 8.23. The normalized spacial score (nSPS) is 19.4. The van der Waals surface area contributed by atoms with Crippen molar-refractivity contribution in [3.63, 3.8) is 0 Å². The molecular weight excluding hydrogens is 186 g/mol. The minimum atomic E-state index is 0.382. The van der Waals surface area contributed by atoms with E-state index in [-0.39, 0.29) is 0 Å². The van der Waals surface area contributed by atoms with E-state index in [9.17, 15) is 0 Å². The molecule has 1 aliphatic rings. The van der Waals surface area contributed by atoms with Gasteiger partial charge in [-0.1, -0.05) is 11.8 Å². The third-order valence-corrected chi connectivity index (χ3v) is 2.54. The highest BCUT2D eigenvalue weighted by Crippen LogP contribution is 2.10. The molecule has 1 aromatic carbocycles. The van der Waals surface area contributed by atoms with Gasteiger partial charge in [-0.25, -0.2) is 0 Å². The number of hydrogen-bond donors (Lipinski definition) is 1. The highest BCUT2D eigenvalue weighted by molar-refractivity contribution is 5.39. The third kappa shape index (κ3) is 2.74. The molecule has 1 fully saturated rings. The van der Waals surface area contributed by atoms with Gasteiger partial charge in [-0.3, -0.25) is 0 Å². The zero-order valence-corrected chi connectivity index (χ0v) is 8.92. The Morgan fingerprint density at radius 2 is 2.13 bits per heavy atom. The Kier molecular flexibility index (Phi) is 3.26. The number of methoxy groups -OCH3 is 1. The predicted molar refractivity (Wildman–Crippen MR) is 60.9 cm³/mol.